The van der Waals surface area contributed by atoms with Crippen LogP contribution in [0.4, 0.5) is 5.95 Å². The predicted molar refractivity (Wildman–Crippen MR) is 120 cm³/mol. The van der Waals surface area contributed by atoms with E-state index in [0.29, 0.717) is 23.1 Å². The molecule has 1 N–H and O–H groups in total. The third kappa shape index (κ3) is 3.51. The van der Waals surface area contributed by atoms with Crippen molar-refractivity contribution in [3.05, 3.63) is 106 Å². The number of aliphatic imine (C=N–C) groups is 1. The van der Waals surface area contributed by atoms with Gasteiger partial charge in [-0.3, -0.25) is 9.79 Å². The van der Waals surface area contributed by atoms with Crippen LogP contribution in [0.3, 0.4) is 0 Å². The van der Waals surface area contributed by atoms with Gasteiger partial charge in [-0.1, -0.05) is 60.1 Å². The Morgan fingerprint density at radius 3 is 2.48 bits per heavy atom. The summed E-state index contributed by atoms with van der Waals surface area (Å²) in [5, 5.41) is 8.13. The second-order valence-corrected chi connectivity index (χ2v) is 7.65. The molecule has 5 rings (SSSR count). The molecule has 0 saturated heterocycles. The summed E-state index contributed by atoms with van der Waals surface area (Å²) in [7, 11) is 1.85. The summed E-state index contributed by atoms with van der Waals surface area (Å²) in [6, 6.07) is 24.8. The van der Waals surface area contributed by atoms with Gasteiger partial charge in [-0.2, -0.15) is 4.57 Å². The number of hydrogen-bond donors (Lipinski definition) is 1. The number of anilines is 1. The molecule has 1 amide bonds. The molecule has 0 fully saturated rings. The number of carbonyl (C=O) groups excluding carboxylic acids is 1. The maximum Gasteiger partial charge on any atom is 0.390 e. The summed E-state index contributed by atoms with van der Waals surface area (Å²) in [5.74, 6) is 1.05. The Labute approximate surface area is 184 Å². The van der Waals surface area contributed by atoms with Crippen LogP contribution in [-0.4, -0.2) is 21.4 Å². The predicted octanol–water partition coefficient (Wildman–Crippen LogP) is 3.95. The molecular weight excluding hydrogens is 410 g/mol. The molecule has 6 nitrogen and oxygen atoms in total. The highest BCUT2D eigenvalue weighted by atomic mass is 35.5. The van der Waals surface area contributed by atoms with Crippen molar-refractivity contribution >= 4 is 29.2 Å². The molecule has 31 heavy (non-hydrogen) atoms. The van der Waals surface area contributed by atoms with Crippen LogP contribution in [0.2, 0.25) is 5.02 Å². The molecule has 1 aliphatic rings. The molecule has 4 aromatic rings. The standard InChI is InChI=1S/C24H18ClN5O/c1-29-21-15-26-22(16-8-4-2-5-9-16)19-14-18(25)12-13-20(19)30(21)24(28-29)27-23(31)17-10-6-3-7-11-17/h2-14H,15H2,1H3/p+1. The van der Waals surface area contributed by atoms with E-state index in [1.165, 1.54) is 0 Å². The number of rotatable bonds is 3. The maximum absolute atomic E-state index is 12.8. The number of aryl methyl sites for hydroxylation is 1. The van der Waals surface area contributed by atoms with Crippen LogP contribution in [0.1, 0.15) is 27.3 Å². The van der Waals surface area contributed by atoms with Crippen LogP contribution >= 0.6 is 11.6 Å². The van der Waals surface area contributed by atoms with E-state index < -0.39 is 0 Å². The van der Waals surface area contributed by atoms with Crippen molar-refractivity contribution in [1.29, 1.82) is 0 Å². The summed E-state index contributed by atoms with van der Waals surface area (Å²) in [5.41, 5.74) is 4.15. The molecule has 1 aliphatic heterocycles. The quantitative estimate of drug-likeness (QED) is 0.502. The van der Waals surface area contributed by atoms with Gasteiger partial charge in [0, 0.05) is 21.2 Å². The van der Waals surface area contributed by atoms with Crippen LogP contribution in [0, 0.1) is 0 Å². The molecule has 0 atom stereocenters. The maximum atomic E-state index is 12.8. The number of halogens is 1. The first-order valence-corrected chi connectivity index (χ1v) is 10.2. The molecule has 0 spiro atoms. The minimum Gasteiger partial charge on any atom is -0.274 e. The minimum absolute atomic E-state index is 0.224. The molecule has 2 heterocycles. The summed E-state index contributed by atoms with van der Waals surface area (Å²) in [6.45, 7) is 0.404. The second-order valence-electron chi connectivity index (χ2n) is 7.21. The number of carbonyl (C=O) groups is 1. The lowest BCUT2D eigenvalue weighted by Gasteiger charge is -2.11. The first kappa shape index (κ1) is 19.2. The highest BCUT2D eigenvalue weighted by Gasteiger charge is 2.31. The molecule has 0 aliphatic carbocycles. The fourth-order valence-electron chi connectivity index (χ4n) is 3.75. The number of benzene rings is 3. The zero-order chi connectivity index (χ0) is 21.4. The summed E-state index contributed by atoms with van der Waals surface area (Å²) in [4.78, 5) is 17.7. The average molecular weight is 429 g/mol. The van der Waals surface area contributed by atoms with E-state index in [1.54, 1.807) is 16.8 Å². The third-order valence-electron chi connectivity index (χ3n) is 5.23. The molecule has 1 aromatic heterocycles. The zero-order valence-electron chi connectivity index (χ0n) is 16.8. The summed E-state index contributed by atoms with van der Waals surface area (Å²) in [6.07, 6.45) is 0. The number of nitrogens with one attached hydrogen (secondary N) is 1. The first-order chi connectivity index (χ1) is 15.1. The van der Waals surface area contributed by atoms with E-state index in [4.69, 9.17) is 16.6 Å². The van der Waals surface area contributed by atoms with Gasteiger partial charge >= 0.3 is 5.95 Å². The Kier molecular flexibility index (Phi) is 4.84. The third-order valence-corrected chi connectivity index (χ3v) is 5.47. The van der Waals surface area contributed by atoms with Gasteiger partial charge in [0.1, 0.15) is 12.2 Å². The average Bonchev–Trinajstić information content (AvgIpc) is 2.99. The van der Waals surface area contributed by atoms with Crippen molar-refractivity contribution in [2.24, 2.45) is 12.0 Å². The van der Waals surface area contributed by atoms with Crippen LogP contribution in [0.5, 0.6) is 0 Å². The van der Waals surface area contributed by atoms with Gasteiger partial charge in [0.15, 0.2) is 0 Å². The SMILES string of the molecule is Cn1nc(NC(=O)c2ccccc2)[n+]2c1CN=C(c1ccccc1)c1cc(Cl)ccc1-2. The number of aromatic nitrogens is 3. The largest absolute Gasteiger partial charge is 0.390 e. The topological polar surface area (TPSA) is 63.2 Å². The number of fused-ring (bicyclic) bond motifs is 3. The van der Waals surface area contributed by atoms with Crippen molar-refractivity contribution in [3.63, 3.8) is 0 Å². The van der Waals surface area contributed by atoms with Gasteiger partial charge in [0.25, 0.3) is 5.91 Å². The lowest BCUT2D eigenvalue weighted by molar-refractivity contribution is -0.589. The van der Waals surface area contributed by atoms with Gasteiger partial charge in [-0.25, -0.2) is 5.32 Å². The van der Waals surface area contributed by atoms with E-state index in [1.807, 2.05) is 78.3 Å². The van der Waals surface area contributed by atoms with Crippen molar-refractivity contribution < 1.29 is 9.36 Å². The van der Waals surface area contributed by atoms with Crippen molar-refractivity contribution in [2.75, 3.05) is 5.32 Å². The van der Waals surface area contributed by atoms with E-state index in [-0.39, 0.29) is 5.91 Å². The lowest BCUT2D eigenvalue weighted by atomic mass is 10.0. The fraction of sp³-hybridized carbons (Fsp3) is 0.0833. The smallest absolute Gasteiger partial charge is 0.274 e. The molecule has 3 aromatic carbocycles. The minimum atomic E-state index is -0.224. The molecule has 152 valence electrons. The van der Waals surface area contributed by atoms with Crippen molar-refractivity contribution in [3.8, 4) is 5.69 Å². The van der Waals surface area contributed by atoms with Crippen molar-refractivity contribution in [2.45, 2.75) is 6.54 Å². The van der Waals surface area contributed by atoms with Gasteiger partial charge in [0.05, 0.1) is 18.3 Å². The molecule has 0 bridgehead atoms. The number of hydrogen-bond acceptors (Lipinski definition) is 3. The normalized spacial score (nSPS) is 12.4. The second kappa shape index (κ2) is 7.81. The Hall–Kier alpha value is -3.77. The van der Waals surface area contributed by atoms with Crippen molar-refractivity contribution in [1.82, 2.24) is 9.78 Å². The molecular formula is C24H19ClN5O+. The molecule has 7 heteroatoms. The van der Waals surface area contributed by atoms with Crippen LogP contribution in [-0.2, 0) is 13.6 Å². The Balaban J connectivity index is 1.65. The number of nitrogens with zero attached hydrogens (tertiary/aromatic N) is 4. The Morgan fingerprint density at radius 2 is 1.74 bits per heavy atom. The van der Waals surface area contributed by atoms with Gasteiger partial charge in [-0.15, -0.1) is 4.68 Å². The molecule has 0 saturated carbocycles. The van der Waals surface area contributed by atoms with Crippen LogP contribution in [0.15, 0.2) is 83.9 Å². The van der Waals surface area contributed by atoms with E-state index in [2.05, 4.69) is 10.4 Å². The molecule has 0 radical (unpaired) electrons. The van der Waals surface area contributed by atoms with E-state index in [0.717, 1.165) is 28.4 Å². The van der Waals surface area contributed by atoms with E-state index in [9.17, 15) is 4.79 Å². The van der Waals surface area contributed by atoms with Gasteiger partial charge < -0.3 is 0 Å². The van der Waals surface area contributed by atoms with Crippen LogP contribution < -0.4 is 9.88 Å². The number of amides is 1. The Bertz CT molecular complexity index is 1310. The van der Waals surface area contributed by atoms with E-state index >= 15 is 0 Å². The van der Waals surface area contributed by atoms with Gasteiger partial charge in [0.2, 0.25) is 5.82 Å². The van der Waals surface area contributed by atoms with Crippen LogP contribution in [0.25, 0.3) is 5.69 Å². The lowest BCUT2D eigenvalue weighted by Crippen LogP contribution is -2.39. The zero-order valence-corrected chi connectivity index (χ0v) is 17.5. The monoisotopic (exact) mass is 428 g/mol. The highest BCUT2D eigenvalue weighted by Crippen LogP contribution is 2.25. The summed E-state index contributed by atoms with van der Waals surface area (Å²) >= 11 is 6.36. The summed E-state index contributed by atoms with van der Waals surface area (Å²) < 4.78 is 3.68. The Morgan fingerprint density at radius 1 is 1.03 bits per heavy atom. The first-order valence-electron chi connectivity index (χ1n) is 9.86. The fourth-order valence-corrected chi connectivity index (χ4v) is 3.92. The highest BCUT2D eigenvalue weighted by molar-refractivity contribution is 6.31. The van der Waals surface area contributed by atoms with Gasteiger partial charge in [-0.05, 0) is 30.3 Å². The molecule has 0 unspecified atom stereocenters.